The average molecular weight is 470 g/mol. The zero-order chi connectivity index (χ0) is 22.4. The number of carbonyl (C=O) groups is 1. The van der Waals surface area contributed by atoms with Gasteiger partial charge in [-0.2, -0.15) is 0 Å². The van der Waals surface area contributed by atoms with Crippen molar-refractivity contribution in [3.8, 4) is 22.8 Å². The first-order chi connectivity index (χ1) is 15.5. The van der Waals surface area contributed by atoms with Crippen molar-refractivity contribution in [2.24, 2.45) is 0 Å². The van der Waals surface area contributed by atoms with E-state index in [9.17, 15) is 9.59 Å². The summed E-state index contributed by atoms with van der Waals surface area (Å²) in [5.41, 5.74) is 1.77. The van der Waals surface area contributed by atoms with Gasteiger partial charge in [-0.05, 0) is 22.9 Å². The van der Waals surface area contributed by atoms with Crippen LogP contribution in [-0.2, 0) is 4.79 Å². The zero-order valence-corrected chi connectivity index (χ0v) is 18.6. The molecule has 3 aromatic rings. The summed E-state index contributed by atoms with van der Waals surface area (Å²) in [6.07, 6.45) is 0.919. The van der Waals surface area contributed by atoms with Gasteiger partial charge in [0.2, 0.25) is 17.9 Å². The summed E-state index contributed by atoms with van der Waals surface area (Å²) in [5.74, 6) is 1.37. The Hall–Kier alpha value is -3.30. The molecular formula is C22H18ClN4O4S+. The normalized spacial score (nSPS) is 15.8. The van der Waals surface area contributed by atoms with Crippen molar-refractivity contribution in [3.63, 3.8) is 0 Å². The predicted molar refractivity (Wildman–Crippen MR) is 120 cm³/mol. The Kier molecular flexibility index (Phi) is 5.15. The van der Waals surface area contributed by atoms with Crippen LogP contribution < -0.4 is 24.6 Å². The molecule has 1 amide bonds. The van der Waals surface area contributed by atoms with E-state index in [0.717, 1.165) is 0 Å². The second-order valence-corrected chi connectivity index (χ2v) is 8.57. The highest BCUT2D eigenvalue weighted by Gasteiger charge is 2.46. The number of fused-ring (bicyclic) bond motifs is 4. The van der Waals surface area contributed by atoms with Gasteiger partial charge in [0.05, 0.1) is 21.8 Å². The molecule has 1 atom stereocenters. The monoisotopic (exact) mass is 469 g/mol. The number of ether oxygens (including phenoxy) is 2. The smallest absolute Gasteiger partial charge is 0.325 e. The molecule has 5 rings (SSSR count). The van der Waals surface area contributed by atoms with Crippen molar-refractivity contribution in [2.75, 3.05) is 17.4 Å². The summed E-state index contributed by atoms with van der Waals surface area (Å²) in [7, 11) is 0. The number of anilines is 1. The molecule has 32 heavy (non-hydrogen) atoms. The maximum Gasteiger partial charge on any atom is 0.325 e. The topological polar surface area (TPSA) is 88.4 Å². The average Bonchev–Trinajstić information content (AvgIpc) is 3.23. The Labute approximate surface area is 192 Å². The van der Waals surface area contributed by atoms with Crippen molar-refractivity contribution < 1.29 is 19.0 Å². The highest BCUT2D eigenvalue weighted by molar-refractivity contribution is 7.99. The van der Waals surface area contributed by atoms with Crippen molar-refractivity contribution in [3.05, 3.63) is 70.0 Å². The van der Waals surface area contributed by atoms with E-state index in [1.54, 1.807) is 39.9 Å². The van der Waals surface area contributed by atoms with Crippen LogP contribution in [0.5, 0.6) is 11.5 Å². The van der Waals surface area contributed by atoms with Crippen LogP contribution in [0.1, 0.15) is 18.7 Å². The number of H-pyrrole nitrogens is 1. The first-order valence-corrected chi connectivity index (χ1v) is 11.1. The Bertz CT molecular complexity index is 1330. The third-order valence-corrected chi connectivity index (χ3v) is 6.39. The molecule has 0 fully saturated rings. The van der Waals surface area contributed by atoms with E-state index in [1.807, 2.05) is 12.1 Å². The lowest BCUT2D eigenvalue weighted by atomic mass is 10.0. The predicted octanol–water partition coefficient (Wildman–Crippen LogP) is 3.30. The number of amides is 1. The quantitative estimate of drug-likeness (QED) is 0.358. The minimum atomic E-state index is -0.801. The van der Waals surface area contributed by atoms with Gasteiger partial charge in [-0.15, -0.1) is 6.58 Å². The fourth-order valence-corrected chi connectivity index (χ4v) is 4.76. The largest absolute Gasteiger partial charge is 0.454 e. The lowest BCUT2D eigenvalue weighted by Gasteiger charge is -2.31. The highest BCUT2D eigenvalue weighted by Crippen LogP contribution is 2.43. The molecule has 8 nitrogen and oxygen atoms in total. The van der Waals surface area contributed by atoms with Gasteiger partial charge in [0.25, 0.3) is 6.17 Å². The number of nitrogens with one attached hydrogen (secondary N) is 1. The number of hydrogen-bond donors (Lipinski definition) is 1. The summed E-state index contributed by atoms with van der Waals surface area (Å²) in [6, 6.07) is 10.6. The number of aromatic amines is 1. The lowest BCUT2D eigenvalue weighted by Crippen LogP contribution is -2.60. The molecule has 1 aromatic heterocycles. The number of benzene rings is 2. The van der Waals surface area contributed by atoms with E-state index in [-0.39, 0.29) is 18.3 Å². The molecule has 0 aliphatic carbocycles. The number of hydrogen-bond acceptors (Lipinski definition) is 6. The van der Waals surface area contributed by atoms with Crippen LogP contribution in [0.15, 0.2) is 59.0 Å². The van der Waals surface area contributed by atoms with E-state index in [0.29, 0.717) is 49.9 Å². The fourth-order valence-electron chi connectivity index (χ4n) is 3.93. The van der Waals surface area contributed by atoms with Crippen molar-refractivity contribution in [1.82, 2.24) is 10.1 Å². The summed E-state index contributed by atoms with van der Waals surface area (Å²) in [5, 5.41) is 5.46. The van der Waals surface area contributed by atoms with Gasteiger partial charge in [0.15, 0.2) is 11.5 Å². The van der Waals surface area contributed by atoms with Gasteiger partial charge >= 0.3 is 11.3 Å². The van der Waals surface area contributed by atoms with Crippen LogP contribution in [0.3, 0.4) is 0 Å². The second kappa shape index (κ2) is 7.99. The number of para-hydroxylation sites is 1. The third kappa shape index (κ3) is 3.25. The van der Waals surface area contributed by atoms with Crippen molar-refractivity contribution >= 4 is 35.0 Å². The zero-order valence-electron chi connectivity index (χ0n) is 17.0. The van der Waals surface area contributed by atoms with Crippen LogP contribution >= 0.6 is 23.4 Å². The van der Waals surface area contributed by atoms with Gasteiger partial charge in [-0.25, -0.2) is 4.90 Å². The van der Waals surface area contributed by atoms with Crippen LogP contribution in [0.4, 0.5) is 5.69 Å². The van der Waals surface area contributed by atoms with Gasteiger partial charge < -0.3 is 9.47 Å². The number of carbonyl (C=O) groups excluding carboxylic acids is 1. The summed E-state index contributed by atoms with van der Waals surface area (Å²) in [6.45, 7) is 5.27. The molecule has 0 saturated heterocycles. The summed E-state index contributed by atoms with van der Waals surface area (Å²) in [4.78, 5) is 30.5. The molecule has 0 spiro atoms. The van der Waals surface area contributed by atoms with E-state index >= 15 is 0 Å². The van der Waals surface area contributed by atoms with E-state index in [4.69, 9.17) is 21.1 Å². The Morgan fingerprint density at radius 3 is 2.88 bits per heavy atom. The SMILES string of the molecule is C=CCSc1n[n+]2c(c(=O)[nH]1)-c1ccccc1N(C(C)=O)C2c1cc2c(cc1Cl)OCO2. The van der Waals surface area contributed by atoms with Crippen LogP contribution in [0.2, 0.25) is 5.02 Å². The van der Waals surface area contributed by atoms with E-state index in [1.165, 1.54) is 18.7 Å². The number of aromatic nitrogens is 3. The van der Waals surface area contributed by atoms with Gasteiger partial charge in [-0.1, -0.05) is 41.6 Å². The molecule has 3 heterocycles. The first-order valence-electron chi connectivity index (χ1n) is 9.77. The number of thioether (sulfide) groups is 1. The molecule has 0 saturated carbocycles. The van der Waals surface area contributed by atoms with E-state index in [2.05, 4.69) is 16.7 Å². The summed E-state index contributed by atoms with van der Waals surface area (Å²) >= 11 is 7.98. The molecule has 10 heteroatoms. The number of halogens is 1. The third-order valence-electron chi connectivity index (χ3n) is 5.21. The van der Waals surface area contributed by atoms with Gasteiger partial charge in [0, 0.05) is 23.8 Å². The Morgan fingerprint density at radius 1 is 1.38 bits per heavy atom. The Balaban J connectivity index is 1.82. The van der Waals surface area contributed by atoms with Crippen LogP contribution in [0.25, 0.3) is 11.3 Å². The Morgan fingerprint density at radius 2 is 2.12 bits per heavy atom. The molecule has 2 aliphatic heterocycles. The fraction of sp³-hybridized carbons (Fsp3) is 0.182. The van der Waals surface area contributed by atoms with Crippen molar-refractivity contribution in [2.45, 2.75) is 18.2 Å². The molecule has 162 valence electrons. The molecule has 1 N–H and O–H groups in total. The lowest BCUT2D eigenvalue weighted by molar-refractivity contribution is -0.763. The minimum absolute atomic E-state index is 0.0863. The summed E-state index contributed by atoms with van der Waals surface area (Å²) < 4.78 is 12.5. The first kappa shape index (κ1) is 20.6. The minimum Gasteiger partial charge on any atom is -0.454 e. The van der Waals surface area contributed by atoms with Gasteiger partial charge in [-0.3, -0.25) is 14.6 Å². The van der Waals surface area contributed by atoms with Crippen molar-refractivity contribution in [1.29, 1.82) is 0 Å². The van der Waals surface area contributed by atoms with Gasteiger partial charge in [0.1, 0.15) is 0 Å². The molecule has 2 aromatic carbocycles. The van der Waals surface area contributed by atoms with E-state index < -0.39 is 6.17 Å². The molecule has 0 bridgehead atoms. The maximum atomic E-state index is 13.2. The molecular weight excluding hydrogens is 452 g/mol. The molecule has 1 unspecified atom stereocenters. The number of rotatable bonds is 4. The van der Waals surface area contributed by atoms with Crippen LogP contribution in [-0.4, -0.2) is 28.5 Å². The highest BCUT2D eigenvalue weighted by atomic mass is 35.5. The molecule has 2 aliphatic rings. The maximum absolute atomic E-state index is 13.2. The van der Waals surface area contributed by atoms with Crippen LogP contribution in [0, 0.1) is 0 Å². The molecule has 0 radical (unpaired) electrons. The second-order valence-electron chi connectivity index (χ2n) is 7.16. The standard InChI is InChI=1S/C22H17ClN4O4S/c1-3-8-32-22-24-20(29)19-13-6-4-5-7-16(13)26(12(2)28)21(27(19)25-22)14-9-17-18(10-15(14)23)31-11-30-17/h3-7,9-10,21H,1,8,11H2,2H3/p+1. The number of nitrogens with zero attached hydrogens (tertiary/aromatic N) is 3.